The van der Waals surface area contributed by atoms with Crippen LogP contribution >= 0.6 is 0 Å². The summed E-state index contributed by atoms with van der Waals surface area (Å²) in [6.07, 6.45) is -2.34. The van der Waals surface area contributed by atoms with Crippen LogP contribution in [0.5, 0.6) is 11.5 Å². The number of aliphatic hydroxyl groups excluding tert-OH is 2. The van der Waals surface area contributed by atoms with Crippen molar-refractivity contribution in [1.29, 1.82) is 0 Å². The highest BCUT2D eigenvalue weighted by Gasteiger charge is 2.39. The molecule has 158 valence electrons. The van der Waals surface area contributed by atoms with Gasteiger partial charge >= 0.3 is 0 Å². The van der Waals surface area contributed by atoms with Crippen LogP contribution < -0.4 is 9.47 Å². The molecule has 0 radical (unpaired) electrons. The maximum Gasteiger partial charge on any atom is 0.157 e. The molecule has 1 saturated heterocycles. The number of rotatable bonds is 9. The van der Waals surface area contributed by atoms with Crippen molar-refractivity contribution in [3.63, 3.8) is 0 Å². The van der Waals surface area contributed by atoms with Gasteiger partial charge in [-0.3, -0.25) is 0 Å². The minimum absolute atomic E-state index is 0.264. The molecule has 2 aromatic rings. The van der Waals surface area contributed by atoms with E-state index in [2.05, 4.69) is 0 Å². The summed E-state index contributed by atoms with van der Waals surface area (Å²) in [5.41, 5.74) is 1.93. The van der Waals surface area contributed by atoms with Crippen molar-refractivity contribution in [1.82, 2.24) is 0 Å². The normalized spacial score (nSPS) is 24.3. The lowest BCUT2D eigenvalue weighted by Gasteiger charge is -2.39. The zero-order valence-electron chi connectivity index (χ0n) is 16.7. The van der Waals surface area contributed by atoms with E-state index in [4.69, 9.17) is 23.7 Å². The van der Waals surface area contributed by atoms with Gasteiger partial charge in [0.2, 0.25) is 0 Å². The number of hydrogen-bond donors (Lipinski definition) is 2. The quantitative estimate of drug-likeness (QED) is 0.663. The van der Waals surface area contributed by atoms with Crippen LogP contribution in [0.3, 0.4) is 0 Å². The minimum atomic E-state index is -1.01. The monoisotopic (exact) mass is 404 g/mol. The van der Waals surface area contributed by atoms with Gasteiger partial charge in [-0.25, -0.2) is 0 Å². The van der Waals surface area contributed by atoms with Gasteiger partial charge < -0.3 is 33.9 Å². The van der Waals surface area contributed by atoms with Crippen molar-refractivity contribution >= 4 is 0 Å². The predicted molar refractivity (Wildman–Crippen MR) is 106 cm³/mol. The topological polar surface area (TPSA) is 86.6 Å². The van der Waals surface area contributed by atoms with Crippen LogP contribution in [-0.4, -0.2) is 55.6 Å². The Morgan fingerprint density at radius 1 is 0.862 bits per heavy atom. The van der Waals surface area contributed by atoms with Crippen molar-refractivity contribution in [2.24, 2.45) is 0 Å². The van der Waals surface area contributed by atoms with Gasteiger partial charge in [-0.2, -0.15) is 0 Å². The summed E-state index contributed by atoms with van der Waals surface area (Å²) in [5, 5.41) is 19.7. The molecule has 0 spiro atoms. The lowest BCUT2D eigenvalue weighted by molar-refractivity contribution is -0.262. The second-order valence-corrected chi connectivity index (χ2v) is 6.87. The second-order valence-electron chi connectivity index (χ2n) is 6.87. The molecule has 0 saturated carbocycles. The predicted octanol–water partition coefficient (Wildman–Crippen LogP) is 2.27. The summed E-state index contributed by atoms with van der Waals surface area (Å²) in [5.74, 6) is 1.54. The highest BCUT2D eigenvalue weighted by atomic mass is 16.6. The van der Waals surface area contributed by atoms with Crippen LogP contribution in [-0.2, 0) is 27.4 Å². The fourth-order valence-electron chi connectivity index (χ4n) is 3.27. The van der Waals surface area contributed by atoms with Gasteiger partial charge in [0, 0.05) is 6.42 Å². The Balaban J connectivity index is 1.64. The Morgan fingerprint density at radius 3 is 1.86 bits per heavy atom. The molecule has 0 bridgehead atoms. The number of hydrogen-bond acceptors (Lipinski definition) is 7. The summed E-state index contributed by atoms with van der Waals surface area (Å²) in [7, 11) is 3.24. The van der Waals surface area contributed by atoms with E-state index < -0.39 is 24.6 Å². The Bertz CT molecular complexity index is 732. The van der Waals surface area contributed by atoms with E-state index >= 15 is 0 Å². The second kappa shape index (κ2) is 10.6. The minimum Gasteiger partial charge on any atom is -0.497 e. The zero-order chi connectivity index (χ0) is 20.6. The third-order valence-corrected chi connectivity index (χ3v) is 4.90. The van der Waals surface area contributed by atoms with Crippen LogP contribution in [0.25, 0.3) is 0 Å². The third kappa shape index (κ3) is 5.91. The SMILES string of the molecule is COc1ccc(CO[C@H]2[C@H](OCc3ccc(OC)cc3)CC(O)O[C@@H]2CO)cc1. The summed E-state index contributed by atoms with van der Waals surface area (Å²) in [6.45, 7) is 0.404. The molecule has 0 aromatic heterocycles. The molecule has 7 nitrogen and oxygen atoms in total. The van der Waals surface area contributed by atoms with E-state index in [1.165, 1.54) is 0 Å². The van der Waals surface area contributed by atoms with Crippen LogP contribution in [0.15, 0.2) is 48.5 Å². The molecule has 1 fully saturated rings. The Kier molecular flexibility index (Phi) is 7.85. The summed E-state index contributed by atoms with van der Waals surface area (Å²) in [4.78, 5) is 0. The Labute approximate surface area is 170 Å². The lowest BCUT2D eigenvalue weighted by atomic mass is 10.0. The molecule has 2 aromatic carbocycles. The maximum absolute atomic E-state index is 10.0. The number of aliphatic hydroxyl groups is 2. The largest absolute Gasteiger partial charge is 0.497 e. The first-order valence-electron chi connectivity index (χ1n) is 9.56. The van der Waals surface area contributed by atoms with Crippen molar-refractivity contribution in [2.45, 2.75) is 44.2 Å². The van der Waals surface area contributed by atoms with Gasteiger partial charge in [-0.1, -0.05) is 24.3 Å². The van der Waals surface area contributed by atoms with Crippen molar-refractivity contribution in [2.75, 3.05) is 20.8 Å². The molecule has 0 amide bonds. The van der Waals surface area contributed by atoms with Crippen LogP contribution in [0.1, 0.15) is 17.5 Å². The Hall–Kier alpha value is -2.16. The average molecular weight is 404 g/mol. The van der Waals surface area contributed by atoms with Crippen molar-refractivity contribution < 1.29 is 33.9 Å². The third-order valence-electron chi connectivity index (χ3n) is 4.90. The maximum atomic E-state index is 10.0. The van der Waals surface area contributed by atoms with Gasteiger partial charge in [-0.15, -0.1) is 0 Å². The standard InChI is InChI=1S/C22H28O7/c1-25-17-7-3-15(4-8-17)13-27-19-11-21(24)29-20(12-23)22(19)28-14-16-5-9-18(26-2)10-6-16/h3-10,19-24H,11-14H2,1-2H3/t19-,20-,21?,22+/m1/s1. The Morgan fingerprint density at radius 2 is 1.38 bits per heavy atom. The summed E-state index contributed by atoms with van der Waals surface area (Å²) in [6, 6.07) is 15.1. The molecule has 1 heterocycles. The zero-order valence-corrected chi connectivity index (χ0v) is 16.7. The first-order valence-corrected chi connectivity index (χ1v) is 9.56. The molecule has 1 aliphatic heterocycles. The molecular weight excluding hydrogens is 376 g/mol. The molecule has 29 heavy (non-hydrogen) atoms. The molecule has 2 N–H and O–H groups in total. The highest BCUT2D eigenvalue weighted by molar-refractivity contribution is 5.27. The van der Waals surface area contributed by atoms with Crippen LogP contribution in [0.4, 0.5) is 0 Å². The first kappa shape index (κ1) is 21.5. The molecular formula is C22H28O7. The highest BCUT2D eigenvalue weighted by Crippen LogP contribution is 2.26. The van der Waals surface area contributed by atoms with Gasteiger partial charge in [0.1, 0.15) is 23.7 Å². The van der Waals surface area contributed by atoms with E-state index in [0.29, 0.717) is 13.2 Å². The van der Waals surface area contributed by atoms with Gasteiger partial charge in [-0.05, 0) is 35.4 Å². The fourth-order valence-corrected chi connectivity index (χ4v) is 3.27. The smallest absolute Gasteiger partial charge is 0.157 e. The van der Waals surface area contributed by atoms with E-state index in [-0.39, 0.29) is 13.0 Å². The summed E-state index contributed by atoms with van der Waals surface area (Å²) >= 11 is 0. The number of benzene rings is 2. The molecule has 4 atom stereocenters. The summed E-state index contributed by atoms with van der Waals surface area (Å²) < 4.78 is 27.9. The van der Waals surface area contributed by atoms with Crippen molar-refractivity contribution in [3.05, 3.63) is 59.7 Å². The number of methoxy groups -OCH3 is 2. The molecule has 0 aliphatic carbocycles. The van der Waals surface area contributed by atoms with Gasteiger partial charge in [0.25, 0.3) is 0 Å². The fraction of sp³-hybridized carbons (Fsp3) is 0.455. The van der Waals surface area contributed by atoms with Crippen LogP contribution in [0.2, 0.25) is 0 Å². The molecule has 7 heteroatoms. The van der Waals surface area contributed by atoms with Gasteiger partial charge in [0.15, 0.2) is 6.29 Å². The molecule has 1 unspecified atom stereocenters. The molecule has 3 rings (SSSR count). The van der Waals surface area contributed by atoms with E-state index in [0.717, 1.165) is 22.6 Å². The van der Waals surface area contributed by atoms with Gasteiger partial charge in [0.05, 0.1) is 40.1 Å². The number of ether oxygens (including phenoxy) is 5. The van der Waals surface area contributed by atoms with Crippen molar-refractivity contribution in [3.8, 4) is 11.5 Å². The van der Waals surface area contributed by atoms with E-state index in [1.54, 1.807) is 14.2 Å². The van der Waals surface area contributed by atoms with Crippen LogP contribution in [0, 0.1) is 0 Å². The molecule has 1 aliphatic rings. The van der Waals surface area contributed by atoms with E-state index in [1.807, 2.05) is 48.5 Å². The first-order chi connectivity index (χ1) is 14.1. The van der Waals surface area contributed by atoms with E-state index in [9.17, 15) is 10.2 Å². The average Bonchev–Trinajstić information content (AvgIpc) is 2.77. The lowest BCUT2D eigenvalue weighted by Crippen LogP contribution is -2.52.